The van der Waals surface area contributed by atoms with Crippen LogP contribution in [0.25, 0.3) is 22.1 Å². The third kappa shape index (κ3) is 2.96. The fourth-order valence-electron chi connectivity index (χ4n) is 3.37. The Bertz CT molecular complexity index is 991. The molecular weight excluding hydrogens is 322 g/mol. The zero-order chi connectivity index (χ0) is 17.4. The molecule has 0 spiro atoms. The van der Waals surface area contributed by atoms with Crippen molar-refractivity contribution in [1.82, 2.24) is 14.9 Å². The summed E-state index contributed by atoms with van der Waals surface area (Å²) in [5.41, 5.74) is 0.897. The highest BCUT2D eigenvalue weighted by atomic mass is 16.3. The fourth-order valence-corrected chi connectivity index (χ4v) is 3.37. The van der Waals surface area contributed by atoms with Crippen molar-refractivity contribution in [2.75, 3.05) is 6.54 Å². The zero-order valence-electron chi connectivity index (χ0n) is 13.6. The molecule has 4 rings (SSSR count). The molecule has 3 aromatic rings. The van der Waals surface area contributed by atoms with Gasteiger partial charge in [0, 0.05) is 17.8 Å². The predicted octanol–water partition coefficient (Wildman–Crippen LogP) is 1.21. The molecule has 1 saturated heterocycles. The van der Waals surface area contributed by atoms with E-state index >= 15 is 0 Å². The van der Waals surface area contributed by atoms with Gasteiger partial charge in [-0.3, -0.25) is 14.2 Å². The minimum Gasteiger partial charge on any atom is -0.448 e. The smallest absolute Gasteiger partial charge is 0.297 e. The Labute approximate surface area is 143 Å². The van der Waals surface area contributed by atoms with Crippen LogP contribution in [-0.2, 0) is 11.3 Å². The first-order chi connectivity index (χ1) is 12.1. The van der Waals surface area contributed by atoms with E-state index in [2.05, 4.69) is 10.3 Å². The number of Topliss-reactive ketones (excluding diaryl/α,β-unsaturated/α-hetero) is 1. The summed E-state index contributed by atoms with van der Waals surface area (Å²) in [6.45, 7) is 0.713. The van der Waals surface area contributed by atoms with E-state index in [9.17, 15) is 14.7 Å². The van der Waals surface area contributed by atoms with Gasteiger partial charge in [-0.15, -0.1) is 0 Å². The number of aliphatic hydroxyl groups is 1. The number of nitrogens with one attached hydrogen (secondary N) is 1. The molecule has 0 bridgehead atoms. The largest absolute Gasteiger partial charge is 0.448 e. The number of furan rings is 1. The third-order valence-electron chi connectivity index (χ3n) is 4.69. The molecule has 2 aromatic heterocycles. The lowest BCUT2D eigenvalue weighted by Crippen LogP contribution is -2.46. The number of nitrogens with zero attached hydrogens (tertiary/aromatic N) is 2. The van der Waals surface area contributed by atoms with Gasteiger partial charge in [-0.25, -0.2) is 4.98 Å². The molecule has 0 unspecified atom stereocenters. The van der Waals surface area contributed by atoms with E-state index in [0.717, 1.165) is 18.4 Å². The molecule has 2 N–H and O–H groups in total. The number of benzene rings is 1. The van der Waals surface area contributed by atoms with E-state index < -0.39 is 6.10 Å². The number of aliphatic hydroxyl groups excluding tert-OH is 1. The molecular formula is C18H19N3O4. The maximum absolute atomic E-state index is 12.6. The number of para-hydroxylation sites is 1. The van der Waals surface area contributed by atoms with Crippen molar-refractivity contribution in [2.45, 2.75) is 38.0 Å². The normalized spacial score (nSPS) is 21.0. The number of piperidine rings is 1. The lowest BCUT2D eigenvalue weighted by molar-refractivity contribution is -0.121. The second-order valence-electron chi connectivity index (χ2n) is 6.47. The summed E-state index contributed by atoms with van der Waals surface area (Å²) < 4.78 is 6.88. The van der Waals surface area contributed by atoms with Crippen molar-refractivity contribution >= 4 is 27.9 Å². The second kappa shape index (κ2) is 6.42. The fraction of sp³-hybridized carbons (Fsp3) is 0.389. The third-order valence-corrected chi connectivity index (χ3v) is 4.69. The Kier molecular flexibility index (Phi) is 4.10. The number of rotatable bonds is 4. The lowest BCUT2D eigenvalue weighted by atomic mass is 9.97. The Morgan fingerprint density at radius 2 is 2.24 bits per heavy atom. The van der Waals surface area contributed by atoms with Gasteiger partial charge in [0.1, 0.15) is 11.1 Å². The quantitative estimate of drug-likeness (QED) is 0.740. The molecule has 0 aliphatic carbocycles. The monoisotopic (exact) mass is 341 g/mol. The van der Waals surface area contributed by atoms with Crippen LogP contribution in [-0.4, -0.2) is 39.1 Å². The van der Waals surface area contributed by atoms with Gasteiger partial charge in [-0.1, -0.05) is 12.1 Å². The van der Waals surface area contributed by atoms with Crippen LogP contribution in [0.2, 0.25) is 0 Å². The van der Waals surface area contributed by atoms with E-state index in [4.69, 9.17) is 4.42 Å². The number of carbonyl (C=O) groups excluding carboxylic acids is 1. The van der Waals surface area contributed by atoms with Gasteiger partial charge in [0.25, 0.3) is 5.56 Å². The highest BCUT2D eigenvalue weighted by Gasteiger charge is 2.25. The molecule has 7 nitrogen and oxygen atoms in total. The first kappa shape index (κ1) is 16.0. The van der Waals surface area contributed by atoms with Crippen LogP contribution < -0.4 is 10.9 Å². The van der Waals surface area contributed by atoms with Crippen molar-refractivity contribution in [3.63, 3.8) is 0 Å². The summed E-state index contributed by atoms with van der Waals surface area (Å²) in [4.78, 5) is 29.2. The van der Waals surface area contributed by atoms with Crippen molar-refractivity contribution in [1.29, 1.82) is 0 Å². The summed E-state index contributed by atoms with van der Waals surface area (Å²) in [5.74, 6) is -0.127. The van der Waals surface area contributed by atoms with Crippen LogP contribution in [0.3, 0.4) is 0 Å². The SMILES string of the molecule is O=C(C[C@@H]1NCCC[C@H]1O)Cn1cnc2c(oc3ccccc32)c1=O. The molecule has 1 fully saturated rings. The van der Waals surface area contributed by atoms with Gasteiger partial charge < -0.3 is 14.8 Å². The van der Waals surface area contributed by atoms with E-state index in [-0.39, 0.29) is 35.9 Å². The Morgan fingerprint density at radius 1 is 1.40 bits per heavy atom. The van der Waals surface area contributed by atoms with E-state index in [1.807, 2.05) is 18.2 Å². The maximum Gasteiger partial charge on any atom is 0.297 e. The van der Waals surface area contributed by atoms with Gasteiger partial charge in [-0.05, 0) is 31.5 Å². The molecule has 0 radical (unpaired) electrons. The summed E-state index contributed by atoms with van der Waals surface area (Å²) in [7, 11) is 0. The van der Waals surface area contributed by atoms with Crippen LogP contribution in [0.1, 0.15) is 19.3 Å². The number of fused-ring (bicyclic) bond motifs is 3. The van der Waals surface area contributed by atoms with Gasteiger partial charge in [-0.2, -0.15) is 0 Å². The number of ketones is 1. The highest BCUT2D eigenvalue weighted by molar-refractivity contribution is 6.01. The summed E-state index contributed by atoms with van der Waals surface area (Å²) in [6.07, 6.45) is 2.64. The molecule has 1 aromatic carbocycles. The molecule has 0 saturated carbocycles. The lowest BCUT2D eigenvalue weighted by Gasteiger charge is -2.28. The minimum atomic E-state index is -0.523. The van der Waals surface area contributed by atoms with E-state index in [1.54, 1.807) is 6.07 Å². The highest BCUT2D eigenvalue weighted by Crippen LogP contribution is 2.24. The number of hydrogen-bond acceptors (Lipinski definition) is 6. The van der Waals surface area contributed by atoms with Gasteiger partial charge >= 0.3 is 0 Å². The van der Waals surface area contributed by atoms with Crippen molar-refractivity contribution in [3.05, 3.63) is 40.9 Å². The van der Waals surface area contributed by atoms with Crippen LogP contribution in [0, 0.1) is 0 Å². The predicted molar refractivity (Wildman–Crippen MR) is 92.4 cm³/mol. The van der Waals surface area contributed by atoms with Gasteiger partial charge in [0.15, 0.2) is 5.78 Å². The molecule has 0 amide bonds. The first-order valence-corrected chi connectivity index (χ1v) is 8.43. The second-order valence-corrected chi connectivity index (χ2v) is 6.47. The zero-order valence-corrected chi connectivity index (χ0v) is 13.6. The van der Waals surface area contributed by atoms with Crippen LogP contribution in [0.15, 0.2) is 39.8 Å². The van der Waals surface area contributed by atoms with Gasteiger partial charge in [0.05, 0.1) is 19.0 Å². The molecule has 25 heavy (non-hydrogen) atoms. The molecule has 2 atom stereocenters. The number of hydrogen-bond donors (Lipinski definition) is 2. The maximum atomic E-state index is 12.6. The molecule has 7 heteroatoms. The standard InChI is InChI=1S/C18H19N3O4/c22-11(8-13-14(23)5-3-7-19-13)9-21-10-20-16-12-4-1-2-6-15(12)25-17(16)18(21)24/h1-2,4,6,10,13-14,19,23H,3,5,7-9H2/t13-,14+/m0/s1. The van der Waals surface area contributed by atoms with Crippen molar-refractivity contribution in [2.24, 2.45) is 0 Å². The summed E-state index contributed by atoms with van der Waals surface area (Å²) >= 11 is 0. The minimum absolute atomic E-state index is 0.0796. The summed E-state index contributed by atoms with van der Waals surface area (Å²) in [6, 6.07) is 7.06. The number of aromatic nitrogens is 2. The molecule has 1 aliphatic rings. The Hall–Kier alpha value is -2.51. The van der Waals surface area contributed by atoms with Crippen LogP contribution in [0.5, 0.6) is 0 Å². The molecule has 130 valence electrons. The topological polar surface area (TPSA) is 97.4 Å². The average Bonchev–Trinajstić information content (AvgIpc) is 2.99. The van der Waals surface area contributed by atoms with E-state index in [1.165, 1.54) is 10.9 Å². The summed E-state index contributed by atoms with van der Waals surface area (Å²) in [5, 5.41) is 13.9. The molecule has 1 aliphatic heterocycles. The Morgan fingerprint density at radius 3 is 3.08 bits per heavy atom. The molecule has 3 heterocycles. The first-order valence-electron chi connectivity index (χ1n) is 8.43. The number of carbonyl (C=O) groups is 1. The van der Waals surface area contributed by atoms with Crippen LogP contribution >= 0.6 is 0 Å². The average molecular weight is 341 g/mol. The van der Waals surface area contributed by atoms with Crippen LogP contribution in [0.4, 0.5) is 0 Å². The van der Waals surface area contributed by atoms with Crippen molar-refractivity contribution < 1.29 is 14.3 Å². The van der Waals surface area contributed by atoms with Gasteiger partial charge in [0.2, 0.25) is 5.58 Å². The Balaban J connectivity index is 1.59. The van der Waals surface area contributed by atoms with E-state index in [0.29, 0.717) is 17.5 Å². The van der Waals surface area contributed by atoms with Crippen molar-refractivity contribution in [3.8, 4) is 0 Å².